The van der Waals surface area contributed by atoms with Crippen LogP contribution in [0.2, 0.25) is 0 Å². The minimum atomic E-state index is -1.28. The molecule has 0 radical (unpaired) electrons. The van der Waals surface area contributed by atoms with Gasteiger partial charge >= 0.3 is 59.1 Å². The summed E-state index contributed by atoms with van der Waals surface area (Å²) >= 11 is 0. The topological polar surface area (TPSA) is 430 Å². The molecule has 2 saturated heterocycles. The van der Waals surface area contributed by atoms with Crippen molar-refractivity contribution in [3.8, 4) is 0 Å². The van der Waals surface area contributed by atoms with E-state index in [1.807, 2.05) is 0 Å². The average molecular weight is 670 g/mol. The van der Waals surface area contributed by atoms with E-state index < -0.39 is 73.4 Å². The summed E-state index contributed by atoms with van der Waals surface area (Å²) in [5, 5.41) is 60.7. The van der Waals surface area contributed by atoms with Gasteiger partial charge in [0.15, 0.2) is 34.8 Å². The molecule has 6 rings (SSSR count). The third-order valence-corrected chi connectivity index (χ3v) is 6.28. The van der Waals surface area contributed by atoms with E-state index in [2.05, 4.69) is 29.9 Å². The Labute approximate surface area is 294 Å². The maximum absolute atomic E-state index is 11.5. The first kappa shape index (κ1) is 47.6. The predicted octanol–water partition coefficient (Wildman–Crippen LogP) is -15.9. The van der Waals surface area contributed by atoms with Crippen LogP contribution < -0.4 is 80.4 Å². The molecular weight excluding hydrogens is 638 g/mol. The van der Waals surface area contributed by atoms with Gasteiger partial charge in [-0.3, -0.25) is 18.7 Å². The number of H-pyrrole nitrogens is 2. The largest absolute Gasteiger partial charge is 1.00 e. The molecule has 0 spiro atoms. The van der Waals surface area contributed by atoms with Crippen LogP contribution in [0.15, 0.2) is 34.9 Å². The minimum Gasteiger partial charge on any atom is -0.853 e. The first-order valence-corrected chi connectivity index (χ1v) is 11.3. The Morgan fingerprint density at radius 1 is 0.644 bits per heavy atom. The van der Waals surface area contributed by atoms with E-state index in [0.717, 1.165) is 0 Å². The molecule has 2 aliphatic heterocycles. The number of imidazole rings is 2. The van der Waals surface area contributed by atoms with Crippen molar-refractivity contribution in [1.82, 2.24) is 39.0 Å². The molecule has 0 bridgehead atoms. The van der Waals surface area contributed by atoms with Crippen molar-refractivity contribution in [3.05, 3.63) is 46.0 Å². The Hall–Kier alpha value is -1.82. The molecule has 0 aromatic carbocycles. The third kappa shape index (κ3) is 8.76. The van der Waals surface area contributed by atoms with Gasteiger partial charge in [-0.2, -0.15) is 0 Å². The second-order valence-electron chi connectivity index (χ2n) is 8.54. The van der Waals surface area contributed by atoms with Crippen LogP contribution in [0.25, 0.3) is 22.3 Å². The summed E-state index contributed by atoms with van der Waals surface area (Å²) in [5.74, 6) is 0. The quantitative estimate of drug-likeness (QED) is 0.110. The number of fused-ring (bicyclic) bond motifs is 2. The summed E-state index contributed by atoms with van der Waals surface area (Å²) in [6, 6.07) is 0. The molecule has 23 nitrogen and oxygen atoms in total. The van der Waals surface area contributed by atoms with Crippen molar-refractivity contribution in [1.29, 1.82) is 0 Å². The number of hydrogen-bond donors (Lipinski definition) is 6. The molecule has 45 heavy (non-hydrogen) atoms. The molecule has 0 aliphatic carbocycles. The first-order valence-electron chi connectivity index (χ1n) is 11.3. The monoisotopic (exact) mass is 670 g/mol. The number of aliphatic hydroxyl groups excluding tert-OH is 4. The van der Waals surface area contributed by atoms with Gasteiger partial charge in [0.05, 0.1) is 37.5 Å². The summed E-state index contributed by atoms with van der Waals surface area (Å²) in [6.07, 6.45) is -4.14. The summed E-state index contributed by atoms with van der Waals surface area (Å²) in [7, 11) is 0. The maximum atomic E-state index is 11.5. The minimum absolute atomic E-state index is 0. The maximum Gasteiger partial charge on any atom is 1.00 e. The van der Waals surface area contributed by atoms with E-state index in [1.54, 1.807) is 0 Å². The van der Waals surface area contributed by atoms with Crippen LogP contribution in [0.3, 0.4) is 0 Å². The van der Waals surface area contributed by atoms with E-state index in [-0.39, 0.29) is 109 Å². The van der Waals surface area contributed by atoms with E-state index in [9.17, 15) is 40.2 Å². The average Bonchev–Trinajstić information content (AvgIpc) is 3.67. The number of aromatic nitrogens is 8. The second kappa shape index (κ2) is 19.8. The van der Waals surface area contributed by atoms with Crippen LogP contribution in [0.4, 0.5) is 0 Å². The van der Waals surface area contributed by atoms with Gasteiger partial charge in [0.1, 0.15) is 24.4 Å². The fraction of sp³-hybridized carbons (Fsp3) is 0.500. The number of hydrogen-bond acceptors (Lipinski definition) is 14. The standard InChI is InChI=1S/2C10H11N4O5.2Na.5H2O/c2*15-1-4-6(16)7(17)10(19-4)14-3-13-5-8(14)11-2-12-9(5)18;;;;;;;/h2*2-4,6-7,10,16-17H,1H2,(H,11,12,18);;;5*1H2/q2*-1;2*+1;;;;;/t2*4-,6-,7-,10-;;;;;;;/m11......./s1. The molecule has 0 amide bonds. The molecule has 244 valence electrons. The SMILES string of the molecule is O.O.O.O.O.O=c1[nH]cnc2c1ncn2[C@@H]1O[C@H](C[O-])[C@@H](O)[C@H]1O.O=c1[nH]cnc2c1ncn2[C@@H]1O[C@H](C[O-])[C@@H](O)[C@H]1O.[Na+].[Na+]. The van der Waals surface area contributed by atoms with Gasteiger partial charge < -0.3 is 77.5 Å². The van der Waals surface area contributed by atoms with Gasteiger partial charge in [0.25, 0.3) is 11.1 Å². The van der Waals surface area contributed by atoms with Crippen molar-refractivity contribution < 1.29 is 127 Å². The Balaban J connectivity index is -0.000000678. The number of ether oxygens (including phenoxy) is 2. The molecule has 8 atom stereocenters. The van der Waals surface area contributed by atoms with Gasteiger partial charge in [-0.25, -0.2) is 19.9 Å². The van der Waals surface area contributed by atoms with Crippen LogP contribution in [0.5, 0.6) is 0 Å². The van der Waals surface area contributed by atoms with Crippen molar-refractivity contribution >= 4 is 22.3 Å². The summed E-state index contributed by atoms with van der Waals surface area (Å²) in [4.78, 5) is 43.4. The van der Waals surface area contributed by atoms with Gasteiger partial charge in [0.2, 0.25) is 0 Å². The van der Waals surface area contributed by atoms with E-state index >= 15 is 0 Å². The van der Waals surface area contributed by atoms with E-state index in [4.69, 9.17) is 9.47 Å². The molecule has 16 N–H and O–H groups in total. The normalized spacial score (nSPS) is 26.3. The van der Waals surface area contributed by atoms with Crippen LogP contribution in [-0.2, 0) is 9.47 Å². The van der Waals surface area contributed by atoms with Gasteiger partial charge in [-0.05, 0) is 0 Å². The molecule has 4 aromatic rings. The smallest absolute Gasteiger partial charge is 0.853 e. The van der Waals surface area contributed by atoms with E-state index in [1.165, 1.54) is 34.4 Å². The Morgan fingerprint density at radius 3 is 1.27 bits per heavy atom. The van der Waals surface area contributed by atoms with Crippen LogP contribution in [0.1, 0.15) is 12.5 Å². The zero-order valence-corrected chi connectivity index (χ0v) is 27.8. The van der Waals surface area contributed by atoms with Crippen molar-refractivity contribution in [2.45, 2.75) is 49.1 Å². The van der Waals surface area contributed by atoms with E-state index in [0.29, 0.717) is 0 Å². The van der Waals surface area contributed by atoms with Crippen LogP contribution in [0, 0.1) is 0 Å². The van der Waals surface area contributed by atoms with Gasteiger partial charge in [-0.1, -0.05) is 0 Å². The summed E-state index contributed by atoms with van der Waals surface area (Å²) in [6.45, 7) is -1.34. The molecule has 2 aliphatic rings. The zero-order chi connectivity index (χ0) is 27.1. The third-order valence-electron chi connectivity index (χ3n) is 6.28. The number of nitrogens with zero attached hydrogens (tertiary/aromatic N) is 6. The Morgan fingerprint density at radius 2 is 0.978 bits per heavy atom. The van der Waals surface area contributed by atoms with Gasteiger partial charge in [-0.15, -0.1) is 13.2 Å². The molecule has 25 heteroatoms. The number of aliphatic hydroxyl groups is 4. The molecular formula is C20H32N8Na2O15. The van der Waals surface area contributed by atoms with Crippen molar-refractivity contribution in [2.24, 2.45) is 0 Å². The Bertz CT molecular complexity index is 1440. The number of rotatable bonds is 4. The number of nitrogens with one attached hydrogen (secondary N) is 2. The molecule has 6 heterocycles. The van der Waals surface area contributed by atoms with Crippen molar-refractivity contribution in [3.63, 3.8) is 0 Å². The fourth-order valence-electron chi connectivity index (χ4n) is 4.29. The number of aromatic amines is 2. The fourth-order valence-corrected chi connectivity index (χ4v) is 4.29. The molecule has 0 saturated carbocycles. The summed E-state index contributed by atoms with van der Waals surface area (Å²) < 4.78 is 13.2. The first-order chi connectivity index (χ1) is 18.3. The molecule has 2 fully saturated rings. The molecule has 0 unspecified atom stereocenters. The Kier molecular flexibility index (Phi) is 20.9. The van der Waals surface area contributed by atoms with Crippen molar-refractivity contribution in [2.75, 3.05) is 13.2 Å². The second-order valence-corrected chi connectivity index (χ2v) is 8.54. The zero-order valence-electron chi connectivity index (χ0n) is 23.8. The van der Waals surface area contributed by atoms with Gasteiger partial charge in [0, 0.05) is 0 Å². The summed E-state index contributed by atoms with van der Waals surface area (Å²) in [5.41, 5.74) is -0.218. The molecule has 4 aromatic heterocycles. The van der Waals surface area contributed by atoms with Crippen LogP contribution in [-0.4, -0.2) is 137 Å². The van der Waals surface area contributed by atoms with Crippen LogP contribution >= 0.6 is 0 Å². The predicted molar refractivity (Wildman–Crippen MR) is 136 cm³/mol.